The van der Waals surface area contributed by atoms with E-state index in [9.17, 15) is 4.79 Å². The van der Waals surface area contributed by atoms with Gasteiger partial charge >= 0.3 is 0 Å². The molecule has 0 spiro atoms. The number of carbonyl (C=O) groups excluding carboxylic acids is 1. The summed E-state index contributed by atoms with van der Waals surface area (Å²) in [6, 6.07) is 7.81. The molecule has 0 saturated carbocycles. The zero-order chi connectivity index (χ0) is 17.4. The SMILES string of the molecule is Cc1ccc(C(=O)NC(=NCCN2CCCC2)OCC(C)C)cc1. The van der Waals surface area contributed by atoms with Crippen LogP contribution < -0.4 is 5.32 Å². The molecule has 0 atom stereocenters. The van der Waals surface area contributed by atoms with Gasteiger partial charge in [0.05, 0.1) is 13.2 Å². The van der Waals surface area contributed by atoms with E-state index in [1.165, 1.54) is 12.8 Å². The fraction of sp³-hybridized carbons (Fsp3) is 0.579. The Hall–Kier alpha value is -1.88. The molecule has 1 heterocycles. The van der Waals surface area contributed by atoms with Crippen LogP contribution in [-0.2, 0) is 4.74 Å². The van der Waals surface area contributed by atoms with Crippen LogP contribution in [0, 0.1) is 12.8 Å². The van der Waals surface area contributed by atoms with E-state index >= 15 is 0 Å². The van der Waals surface area contributed by atoms with Crippen molar-refractivity contribution < 1.29 is 9.53 Å². The summed E-state index contributed by atoms with van der Waals surface area (Å²) in [6.07, 6.45) is 2.54. The number of likely N-dealkylation sites (tertiary alicyclic amines) is 1. The molecule has 1 aromatic carbocycles. The summed E-state index contributed by atoms with van der Waals surface area (Å²) in [5.74, 6) is 0.198. The van der Waals surface area contributed by atoms with Gasteiger partial charge in [0.1, 0.15) is 0 Å². The summed E-state index contributed by atoms with van der Waals surface area (Å²) in [5.41, 5.74) is 1.74. The maximum atomic E-state index is 12.3. The molecule has 0 bridgehead atoms. The van der Waals surface area contributed by atoms with Crippen LogP contribution in [-0.4, -0.2) is 49.6 Å². The van der Waals surface area contributed by atoms with Crippen LogP contribution in [0.15, 0.2) is 29.3 Å². The molecule has 1 N–H and O–H groups in total. The lowest BCUT2D eigenvalue weighted by atomic mass is 10.1. The second-order valence-electron chi connectivity index (χ2n) is 6.76. The summed E-state index contributed by atoms with van der Waals surface area (Å²) in [7, 11) is 0. The lowest BCUT2D eigenvalue weighted by molar-refractivity contribution is 0.0963. The lowest BCUT2D eigenvalue weighted by Gasteiger charge is -2.15. The molecule has 1 aliphatic heterocycles. The van der Waals surface area contributed by atoms with Gasteiger partial charge in [-0.1, -0.05) is 31.5 Å². The number of benzene rings is 1. The Morgan fingerprint density at radius 2 is 1.92 bits per heavy atom. The summed E-state index contributed by atoms with van der Waals surface area (Å²) < 4.78 is 5.68. The van der Waals surface area contributed by atoms with Crippen molar-refractivity contribution >= 4 is 11.9 Å². The maximum absolute atomic E-state index is 12.3. The van der Waals surface area contributed by atoms with Crippen LogP contribution in [0.25, 0.3) is 0 Å². The quantitative estimate of drug-likeness (QED) is 0.644. The van der Waals surface area contributed by atoms with Gasteiger partial charge in [-0.25, -0.2) is 4.99 Å². The number of hydrogen-bond acceptors (Lipinski definition) is 4. The molecule has 2 rings (SSSR count). The molecule has 0 unspecified atom stereocenters. The van der Waals surface area contributed by atoms with Gasteiger partial charge in [0.2, 0.25) is 0 Å². The van der Waals surface area contributed by atoms with E-state index < -0.39 is 0 Å². The fourth-order valence-corrected chi connectivity index (χ4v) is 2.54. The predicted molar refractivity (Wildman–Crippen MR) is 97.4 cm³/mol. The minimum atomic E-state index is -0.182. The highest BCUT2D eigenvalue weighted by Gasteiger charge is 2.13. The van der Waals surface area contributed by atoms with E-state index in [0.29, 0.717) is 30.7 Å². The number of nitrogens with zero attached hydrogens (tertiary/aromatic N) is 2. The molecule has 5 nitrogen and oxygen atoms in total. The Labute approximate surface area is 145 Å². The summed E-state index contributed by atoms with van der Waals surface area (Å²) in [4.78, 5) is 19.2. The molecule has 1 fully saturated rings. The third-order valence-electron chi connectivity index (χ3n) is 3.96. The van der Waals surface area contributed by atoms with Crippen LogP contribution in [0.2, 0.25) is 0 Å². The number of aliphatic imine (C=N–C) groups is 1. The Balaban J connectivity index is 1.93. The molecule has 0 aromatic heterocycles. The van der Waals surface area contributed by atoms with Crippen molar-refractivity contribution in [2.75, 3.05) is 32.8 Å². The number of ether oxygens (including phenoxy) is 1. The van der Waals surface area contributed by atoms with Crippen molar-refractivity contribution in [2.24, 2.45) is 10.9 Å². The van der Waals surface area contributed by atoms with E-state index in [0.717, 1.165) is 25.2 Å². The summed E-state index contributed by atoms with van der Waals surface area (Å²) in [6.45, 7) is 10.5. The number of carbonyl (C=O) groups is 1. The second-order valence-corrected chi connectivity index (χ2v) is 6.76. The number of amidine groups is 1. The largest absolute Gasteiger partial charge is 0.465 e. The topological polar surface area (TPSA) is 53.9 Å². The van der Waals surface area contributed by atoms with Gasteiger partial charge in [-0.2, -0.15) is 0 Å². The Morgan fingerprint density at radius 3 is 2.54 bits per heavy atom. The number of amides is 1. The molecule has 1 aromatic rings. The van der Waals surface area contributed by atoms with Crippen molar-refractivity contribution in [3.8, 4) is 0 Å². The van der Waals surface area contributed by atoms with Crippen molar-refractivity contribution in [3.63, 3.8) is 0 Å². The van der Waals surface area contributed by atoms with E-state index in [-0.39, 0.29) is 5.91 Å². The smallest absolute Gasteiger partial charge is 0.291 e. The zero-order valence-electron chi connectivity index (χ0n) is 15.0. The molecule has 1 amide bonds. The van der Waals surface area contributed by atoms with Gasteiger partial charge in [0.15, 0.2) is 0 Å². The van der Waals surface area contributed by atoms with Gasteiger partial charge in [-0.05, 0) is 50.9 Å². The molecule has 0 radical (unpaired) electrons. The first-order valence-corrected chi connectivity index (χ1v) is 8.82. The van der Waals surface area contributed by atoms with Crippen LogP contribution in [0.4, 0.5) is 0 Å². The van der Waals surface area contributed by atoms with Crippen LogP contribution in [0.5, 0.6) is 0 Å². The Kier molecular flexibility index (Phi) is 7.25. The minimum Gasteiger partial charge on any atom is -0.465 e. The first-order valence-electron chi connectivity index (χ1n) is 8.82. The normalized spacial score (nSPS) is 15.8. The second kappa shape index (κ2) is 9.42. The fourth-order valence-electron chi connectivity index (χ4n) is 2.54. The van der Waals surface area contributed by atoms with Crippen LogP contribution >= 0.6 is 0 Å². The molecule has 1 saturated heterocycles. The maximum Gasteiger partial charge on any atom is 0.291 e. The van der Waals surface area contributed by atoms with Gasteiger partial charge in [-0.15, -0.1) is 0 Å². The summed E-state index contributed by atoms with van der Waals surface area (Å²) in [5, 5.41) is 2.80. The third kappa shape index (κ3) is 6.32. The first kappa shape index (κ1) is 18.5. The zero-order valence-corrected chi connectivity index (χ0v) is 15.0. The van der Waals surface area contributed by atoms with Crippen molar-refractivity contribution in [1.82, 2.24) is 10.2 Å². The molecule has 24 heavy (non-hydrogen) atoms. The van der Waals surface area contributed by atoms with Gasteiger partial charge < -0.3 is 9.64 Å². The standard InChI is InChI=1S/C19H29N3O2/c1-15(2)14-24-19(20-10-13-22-11-4-5-12-22)21-18(23)17-8-6-16(3)7-9-17/h6-9,15H,4-5,10-14H2,1-3H3,(H,20,21,23). The number of nitrogens with one attached hydrogen (secondary N) is 1. The molecule has 1 aliphatic rings. The Morgan fingerprint density at radius 1 is 1.25 bits per heavy atom. The third-order valence-corrected chi connectivity index (χ3v) is 3.96. The first-order chi connectivity index (χ1) is 11.5. The number of hydrogen-bond donors (Lipinski definition) is 1. The average Bonchev–Trinajstić information content (AvgIpc) is 3.06. The highest BCUT2D eigenvalue weighted by Crippen LogP contribution is 2.06. The van der Waals surface area contributed by atoms with Gasteiger partial charge in [-0.3, -0.25) is 10.1 Å². The van der Waals surface area contributed by atoms with Crippen molar-refractivity contribution in [1.29, 1.82) is 0 Å². The lowest BCUT2D eigenvalue weighted by Crippen LogP contribution is -2.34. The molecular weight excluding hydrogens is 302 g/mol. The van der Waals surface area contributed by atoms with E-state index in [2.05, 4.69) is 29.1 Å². The summed E-state index contributed by atoms with van der Waals surface area (Å²) >= 11 is 0. The van der Waals surface area contributed by atoms with Crippen molar-refractivity contribution in [2.45, 2.75) is 33.6 Å². The highest BCUT2D eigenvalue weighted by molar-refractivity contribution is 6.04. The molecular formula is C19H29N3O2. The highest BCUT2D eigenvalue weighted by atomic mass is 16.5. The van der Waals surface area contributed by atoms with Crippen LogP contribution in [0.1, 0.15) is 42.6 Å². The predicted octanol–water partition coefficient (Wildman–Crippen LogP) is 2.85. The van der Waals surface area contributed by atoms with E-state index in [1.807, 2.05) is 31.2 Å². The van der Waals surface area contributed by atoms with Crippen LogP contribution in [0.3, 0.4) is 0 Å². The van der Waals surface area contributed by atoms with Gasteiger partial charge in [0.25, 0.3) is 11.9 Å². The molecule has 5 heteroatoms. The molecule has 0 aliphatic carbocycles. The monoisotopic (exact) mass is 331 g/mol. The number of aryl methyl sites for hydroxylation is 1. The van der Waals surface area contributed by atoms with Gasteiger partial charge in [0, 0.05) is 12.1 Å². The molecule has 132 valence electrons. The van der Waals surface area contributed by atoms with E-state index in [1.54, 1.807) is 0 Å². The van der Waals surface area contributed by atoms with Crippen molar-refractivity contribution in [3.05, 3.63) is 35.4 Å². The number of rotatable bonds is 6. The average molecular weight is 331 g/mol. The minimum absolute atomic E-state index is 0.182. The van der Waals surface area contributed by atoms with E-state index in [4.69, 9.17) is 4.74 Å². The Bertz CT molecular complexity index is 546.